The van der Waals surface area contributed by atoms with Crippen LogP contribution in [0.2, 0.25) is 0 Å². The van der Waals surface area contributed by atoms with Crippen LogP contribution in [-0.2, 0) is 9.53 Å². The van der Waals surface area contributed by atoms with Crippen molar-refractivity contribution >= 4 is 12.1 Å². The van der Waals surface area contributed by atoms with Crippen molar-refractivity contribution in [2.75, 3.05) is 0 Å². The zero-order valence-electron chi connectivity index (χ0n) is 11.9. The lowest BCUT2D eigenvalue weighted by Gasteiger charge is -2.57. The van der Waals surface area contributed by atoms with Crippen molar-refractivity contribution < 1.29 is 19.4 Å². The predicted molar refractivity (Wildman–Crippen MR) is 69.9 cm³/mol. The highest BCUT2D eigenvalue weighted by molar-refractivity contribution is 5.80. The standard InChI is InChI=1S/C14H23NO4/c1-12(2,3)19-11(18)15-14(8-5-9-14)13(10(16)17)6-4-7-13/h4-9H2,1-3H3,(H,15,18)(H,16,17). The fourth-order valence-electron chi connectivity index (χ4n) is 3.18. The summed E-state index contributed by atoms with van der Waals surface area (Å²) in [5, 5.41) is 12.4. The first-order valence-electron chi connectivity index (χ1n) is 6.95. The number of carboxylic acid groups (broad SMARTS) is 1. The number of carboxylic acids is 1. The fraction of sp³-hybridized carbons (Fsp3) is 0.857. The average Bonchev–Trinajstić information content (AvgIpc) is 2.07. The van der Waals surface area contributed by atoms with Gasteiger partial charge >= 0.3 is 12.1 Å². The third-order valence-electron chi connectivity index (χ3n) is 4.48. The number of hydrogen-bond donors (Lipinski definition) is 2. The Kier molecular flexibility index (Phi) is 3.27. The van der Waals surface area contributed by atoms with E-state index in [1.54, 1.807) is 20.8 Å². The summed E-state index contributed by atoms with van der Waals surface area (Å²) in [5.41, 5.74) is -1.94. The zero-order chi connectivity index (χ0) is 14.3. The summed E-state index contributed by atoms with van der Waals surface area (Å²) in [6.07, 6.45) is 4.15. The van der Waals surface area contributed by atoms with E-state index in [9.17, 15) is 14.7 Å². The summed E-state index contributed by atoms with van der Waals surface area (Å²) in [6, 6.07) is 0. The molecule has 0 spiro atoms. The molecule has 2 aliphatic rings. The van der Waals surface area contributed by atoms with Crippen molar-refractivity contribution in [1.82, 2.24) is 5.32 Å². The molecule has 0 aromatic carbocycles. The maximum atomic E-state index is 12.0. The number of carbonyl (C=O) groups excluding carboxylic acids is 1. The van der Waals surface area contributed by atoms with Crippen LogP contribution in [0.1, 0.15) is 59.3 Å². The molecular weight excluding hydrogens is 246 g/mol. The number of ether oxygens (including phenoxy) is 1. The van der Waals surface area contributed by atoms with E-state index in [-0.39, 0.29) is 0 Å². The number of carbonyl (C=O) groups is 2. The largest absolute Gasteiger partial charge is 0.481 e. The van der Waals surface area contributed by atoms with E-state index >= 15 is 0 Å². The van der Waals surface area contributed by atoms with Gasteiger partial charge in [-0.05, 0) is 52.9 Å². The molecule has 0 aromatic heterocycles. The second kappa shape index (κ2) is 4.39. The van der Waals surface area contributed by atoms with E-state index in [0.717, 1.165) is 25.7 Å². The normalized spacial score (nSPS) is 23.7. The SMILES string of the molecule is CC(C)(C)OC(=O)NC1(C2(C(=O)O)CCC2)CCC1. The maximum absolute atomic E-state index is 12.0. The molecule has 0 bridgehead atoms. The van der Waals surface area contributed by atoms with Crippen molar-refractivity contribution in [2.24, 2.45) is 5.41 Å². The summed E-state index contributed by atoms with van der Waals surface area (Å²) >= 11 is 0. The average molecular weight is 269 g/mol. The molecule has 2 saturated carbocycles. The van der Waals surface area contributed by atoms with Gasteiger partial charge in [-0.25, -0.2) is 4.79 Å². The minimum Gasteiger partial charge on any atom is -0.481 e. The van der Waals surface area contributed by atoms with Crippen molar-refractivity contribution in [2.45, 2.75) is 70.4 Å². The lowest BCUT2D eigenvalue weighted by Crippen LogP contribution is -2.69. The van der Waals surface area contributed by atoms with Gasteiger partial charge in [-0.1, -0.05) is 6.42 Å². The van der Waals surface area contributed by atoms with Crippen LogP contribution < -0.4 is 5.32 Å². The van der Waals surface area contributed by atoms with E-state index in [0.29, 0.717) is 12.8 Å². The molecule has 0 aliphatic heterocycles. The van der Waals surface area contributed by atoms with E-state index in [4.69, 9.17) is 4.74 Å². The Labute approximate surface area is 113 Å². The number of rotatable bonds is 3. The lowest BCUT2D eigenvalue weighted by molar-refractivity contribution is -0.168. The Balaban J connectivity index is 2.11. The summed E-state index contributed by atoms with van der Waals surface area (Å²) in [7, 11) is 0. The smallest absolute Gasteiger partial charge is 0.408 e. The molecule has 108 valence electrons. The van der Waals surface area contributed by atoms with Crippen molar-refractivity contribution in [1.29, 1.82) is 0 Å². The molecule has 0 saturated heterocycles. The summed E-state index contributed by atoms with van der Waals surface area (Å²) in [4.78, 5) is 23.6. The Morgan fingerprint density at radius 3 is 1.89 bits per heavy atom. The van der Waals surface area contributed by atoms with Gasteiger partial charge in [0, 0.05) is 0 Å². The molecule has 0 unspecified atom stereocenters. The van der Waals surface area contributed by atoms with E-state index in [2.05, 4.69) is 5.32 Å². The number of nitrogens with one attached hydrogen (secondary N) is 1. The van der Waals surface area contributed by atoms with Crippen molar-refractivity contribution in [3.8, 4) is 0 Å². The first-order chi connectivity index (χ1) is 8.71. The molecule has 2 rings (SSSR count). The first-order valence-corrected chi connectivity index (χ1v) is 6.95. The highest BCUT2D eigenvalue weighted by Crippen LogP contribution is 2.57. The van der Waals surface area contributed by atoms with Gasteiger partial charge in [0.2, 0.25) is 0 Å². The minimum atomic E-state index is -0.783. The highest BCUT2D eigenvalue weighted by Gasteiger charge is 2.63. The van der Waals surface area contributed by atoms with Gasteiger partial charge in [-0.2, -0.15) is 0 Å². The monoisotopic (exact) mass is 269 g/mol. The molecule has 2 aliphatic carbocycles. The number of hydrogen-bond acceptors (Lipinski definition) is 3. The van der Waals surface area contributed by atoms with Crippen molar-refractivity contribution in [3.63, 3.8) is 0 Å². The molecule has 2 fully saturated rings. The van der Waals surface area contributed by atoms with Gasteiger partial charge in [0.25, 0.3) is 0 Å². The minimum absolute atomic E-state index is 0.500. The van der Waals surface area contributed by atoms with Gasteiger partial charge in [0.15, 0.2) is 0 Å². The van der Waals surface area contributed by atoms with Gasteiger partial charge in [-0.3, -0.25) is 4.79 Å². The predicted octanol–water partition coefficient (Wildman–Crippen LogP) is 2.69. The Hall–Kier alpha value is -1.26. The van der Waals surface area contributed by atoms with Crippen molar-refractivity contribution in [3.05, 3.63) is 0 Å². The topological polar surface area (TPSA) is 75.6 Å². The second-order valence-electron chi connectivity index (χ2n) is 6.80. The summed E-state index contributed by atoms with van der Waals surface area (Å²) < 4.78 is 5.27. The van der Waals surface area contributed by atoms with Gasteiger partial charge in [-0.15, -0.1) is 0 Å². The van der Waals surface area contributed by atoms with Crippen LogP contribution in [0.25, 0.3) is 0 Å². The molecular formula is C14H23NO4. The fourth-order valence-corrected chi connectivity index (χ4v) is 3.18. The van der Waals surface area contributed by atoms with Crippen LogP contribution in [0, 0.1) is 5.41 Å². The van der Waals surface area contributed by atoms with E-state index in [1.165, 1.54) is 0 Å². The molecule has 0 atom stereocenters. The third kappa shape index (κ3) is 2.30. The Morgan fingerprint density at radius 2 is 1.63 bits per heavy atom. The van der Waals surface area contributed by atoms with E-state index in [1.807, 2.05) is 0 Å². The second-order valence-corrected chi connectivity index (χ2v) is 6.80. The van der Waals surface area contributed by atoms with Crippen LogP contribution in [-0.4, -0.2) is 28.3 Å². The maximum Gasteiger partial charge on any atom is 0.408 e. The Bertz CT molecular complexity index is 389. The summed E-state index contributed by atoms with van der Waals surface area (Å²) in [5.74, 6) is -0.783. The van der Waals surface area contributed by atoms with Crippen LogP contribution in [0.5, 0.6) is 0 Å². The molecule has 19 heavy (non-hydrogen) atoms. The Morgan fingerprint density at radius 1 is 1.11 bits per heavy atom. The molecule has 0 aromatic rings. The molecule has 1 amide bonds. The van der Waals surface area contributed by atoms with Gasteiger partial charge < -0.3 is 15.2 Å². The molecule has 0 heterocycles. The molecule has 5 heteroatoms. The first kappa shape index (κ1) is 14.2. The van der Waals surface area contributed by atoms with Crippen LogP contribution in [0.15, 0.2) is 0 Å². The molecule has 0 radical (unpaired) electrons. The zero-order valence-corrected chi connectivity index (χ0v) is 11.9. The van der Waals surface area contributed by atoms with Crippen LogP contribution in [0.4, 0.5) is 4.79 Å². The van der Waals surface area contributed by atoms with Gasteiger partial charge in [0.1, 0.15) is 5.60 Å². The quantitative estimate of drug-likeness (QED) is 0.826. The van der Waals surface area contributed by atoms with Crippen LogP contribution >= 0.6 is 0 Å². The number of amides is 1. The third-order valence-corrected chi connectivity index (χ3v) is 4.48. The molecule has 2 N–H and O–H groups in total. The van der Waals surface area contributed by atoms with Gasteiger partial charge in [0.05, 0.1) is 11.0 Å². The highest BCUT2D eigenvalue weighted by atomic mass is 16.6. The number of aliphatic carboxylic acids is 1. The van der Waals surface area contributed by atoms with E-state index < -0.39 is 28.6 Å². The van der Waals surface area contributed by atoms with Crippen LogP contribution in [0.3, 0.4) is 0 Å². The number of alkyl carbamates (subject to hydrolysis) is 1. The molecule has 5 nitrogen and oxygen atoms in total. The lowest BCUT2D eigenvalue weighted by atomic mass is 9.50. The summed E-state index contributed by atoms with van der Waals surface area (Å²) in [6.45, 7) is 5.41.